The summed E-state index contributed by atoms with van der Waals surface area (Å²) in [5, 5.41) is 16.3. The summed E-state index contributed by atoms with van der Waals surface area (Å²) in [6.45, 7) is 4.92. The minimum Gasteiger partial charge on any atom is -0.389 e. The Labute approximate surface area is 193 Å². The second-order valence-corrected chi connectivity index (χ2v) is 11.8. The molecule has 178 valence electrons. The van der Waals surface area contributed by atoms with Crippen molar-refractivity contribution in [3.63, 3.8) is 0 Å². The highest BCUT2D eigenvalue weighted by Crippen LogP contribution is 2.47. The molecule has 0 radical (unpaired) electrons. The Bertz CT molecular complexity index is 1200. The predicted molar refractivity (Wildman–Crippen MR) is 125 cm³/mol. The van der Waals surface area contributed by atoms with Crippen molar-refractivity contribution in [2.45, 2.75) is 64.1 Å². The zero-order valence-electron chi connectivity index (χ0n) is 19.0. The minimum atomic E-state index is -2.94. The Hall–Kier alpha value is -2.69. The molecule has 2 aromatic heterocycles. The van der Waals surface area contributed by atoms with Gasteiger partial charge in [0.25, 0.3) is 0 Å². The quantitative estimate of drug-likeness (QED) is 0.654. The fourth-order valence-electron chi connectivity index (χ4n) is 5.18. The molecule has 10 nitrogen and oxygen atoms in total. The molecule has 0 bridgehead atoms. The normalized spacial score (nSPS) is 22.1. The van der Waals surface area contributed by atoms with Crippen LogP contribution in [0.25, 0.3) is 11.0 Å². The first-order chi connectivity index (χ1) is 15.8. The largest absolute Gasteiger partial charge is 0.389 e. The lowest BCUT2D eigenvalue weighted by atomic mass is 9.68. The lowest BCUT2D eigenvalue weighted by Gasteiger charge is -2.42. The second kappa shape index (κ2) is 8.27. The van der Waals surface area contributed by atoms with Gasteiger partial charge < -0.3 is 15.5 Å². The van der Waals surface area contributed by atoms with Crippen LogP contribution in [0.15, 0.2) is 17.5 Å². The molecule has 11 heteroatoms. The summed E-state index contributed by atoms with van der Waals surface area (Å²) >= 11 is 0. The number of carbonyl (C=O) groups is 1. The van der Waals surface area contributed by atoms with Crippen LogP contribution in [-0.2, 0) is 26.0 Å². The van der Waals surface area contributed by atoms with Gasteiger partial charge in [-0.3, -0.25) is 4.79 Å². The maximum Gasteiger partial charge on any atom is 0.216 e. The summed E-state index contributed by atoms with van der Waals surface area (Å²) in [6, 6.07) is 0.0606. The lowest BCUT2D eigenvalue weighted by molar-refractivity contribution is -0.123. The van der Waals surface area contributed by atoms with Crippen molar-refractivity contribution in [1.82, 2.24) is 20.1 Å². The molecular formula is C22H30N6O4S. The number of rotatable bonds is 6. The number of aromatic nitrogens is 3. The molecule has 1 amide bonds. The van der Waals surface area contributed by atoms with Gasteiger partial charge in [0, 0.05) is 44.2 Å². The van der Waals surface area contributed by atoms with Gasteiger partial charge in [-0.1, -0.05) is 5.16 Å². The number of nitrogens with zero attached hydrogens (tertiary/aromatic N) is 4. The average Bonchev–Trinajstić information content (AvgIpc) is 3.38. The van der Waals surface area contributed by atoms with Gasteiger partial charge in [-0.2, -0.15) is 5.10 Å². The zero-order valence-corrected chi connectivity index (χ0v) is 19.8. The van der Waals surface area contributed by atoms with Crippen LogP contribution in [0.3, 0.4) is 0 Å². The summed E-state index contributed by atoms with van der Waals surface area (Å²) in [5.74, 6) is 0.781. The molecular weight excluding hydrogens is 444 g/mol. The SMILES string of the molecule is CCn1ncc2c(NC3CCS(=O)(=O)CC3)c(C3=NOC4(C3)CC(CNC(C)=O)C4)cnc21. The number of nitrogens with one attached hydrogen (secondary N) is 2. The van der Waals surface area contributed by atoms with E-state index >= 15 is 0 Å². The van der Waals surface area contributed by atoms with E-state index in [4.69, 9.17) is 4.84 Å². The fourth-order valence-corrected chi connectivity index (χ4v) is 6.67. The smallest absolute Gasteiger partial charge is 0.216 e. The van der Waals surface area contributed by atoms with E-state index in [1.54, 1.807) is 0 Å². The van der Waals surface area contributed by atoms with E-state index in [1.807, 2.05) is 24.0 Å². The second-order valence-electron chi connectivity index (χ2n) is 9.52. The highest BCUT2D eigenvalue weighted by Gasteiger charge is 2.51. The standard InChI is InChI=1S/C22H30N6O4S/c1-3-28-21-18(13-25-28)20(26-16-4-6-33(30,31)7-5-16)17(12-24-21)19-10-22(32-27-19)8-15(9-22)11-23-14(2)29/h12-13,15-16H,3-11H2,1-2H3,(H,23,29)(H,24,26). The van der Waals surface area contributed by atoms with E-state index in [0.29, 0.717) is 38.3 Å². The summed E-state index contributed by atoms with van der Waals surface area (Å²) < 4.78 is 25.6. The van der Waals surface area contributed by atoms with Crippen molar-refractivity contribution >= 4 is 38.2 Å². The molecule has 2 N–H and O–H groups in total. The van der Waals surface area contributed by atoms with Gasteiger partial charge in [0.2, 0.25) is 5.91 Å². The third-order valence-electron chi connectivity index (χ3n) is 6.98. The number of carbonyl (C=O) groups excluding carboxylic acids is 1. The first kappa shape index (κ1) is 22.1. The van der Waals surface area contributed by atoms with Crippen LogP contribution in [0.5, 0.6) is 0 Å². The van der Waals surface area contributed by atoms with E-state index in [2.05, 4.69) is 25.9 Å². The first-order valence-corrected chi connectivity index (χ1v) is 13.4. The van der Waals surface area contributed by atoms with Gasteiger partial charge in [-0.25, -0.2) is 18.1 Å². The van der Waals surface area contributed by atoms with Gasteiger partial charge in [-0.15, -0.1) is 0 Å². The Morgan fingerprint density at radius 1 is 1.27 bits per heavy atom. The Morgan fingerprint density at radius 3 is 2.73 bits per heavy atom. The van der Waals surface area contributed by atoms with Crippen LogP contribution < -0.4 is 10.6 Å². The molecule has 33 heavy (non-hydrogen) atoms. The number of aryl methyl sites for hydroxylation is 1. The van der Waals surface area contributed by atoms with Gasteiger partial charge in [0.05, 0.1) is 34.5 Å². The molecule has 5 rings (SSSR count). The maximum absolute atomic E-state index is 11.9. The number of fused-ring (bicyclic) bond motifs is 1. The number of pyridine rings is 1. The van der Waals surface area contributed by atoms with E-state index in [0.717, 1.165) is 40.8 Å². The molecule has 0 unspecified atom stereocenters. The van der Waals surface area contributed by atoms with Crippen LogP contribution in [0, 0.1) is 5.92 Å². The maximum atomic E-state index is 11.9. The molecule has 2 fully saturated rings. The van der Waals surface area contributed by atoms with Crippen LogP contribution in [0.4, 0.5) is 5.69 Å². The van der Waals surface area contributed by atoms with Crippen molar-refractivity contribution in [3.8, 4) is 0 Å². The average molecular weight is 475 g/mol. The fraction of sp³-hybridized carbons (Fsp3) is 0.636. The number of oxime groups is 1. The van der Waals surface area contributed by atoms with Crippen molar-refractivity contribution < 1.29 is 18.0 Å². The molecule has 1 aliphatic carbocycles. The molecule has 0 aromatic carbocycles. The Balaban J connectivity index is 1.38. The van der Waals surface area contributed by atoms with Crippen molar-refractivity contribution in [3.05, 3.63) is 18.0 Å². The molecule has 1 saturated carbocycles. The highest BCUT2D eigenvalue weighted by atomic mass is 32.2. The van der Waals surface area contributed by atoms with E-state index < -0.39 is 9.84 Å². The van der Waals surface area contributed by atoms with Crippen LogP contribution in [0.1, 0.15) is 51.5 Å². The van der Waals surface area contributed by atoms with E-state index in [-0.39, 0.29) is 29.1 Å². The molecule has 1 saturated heterocycles. The summed E-state index contributed by atoms with van der Waals surface area (Å²) in [5.41, 5.74) is 3.11. The first-order valence-electron chi connectivity index (χ1n) is 11.6. The van der Waals surface area contributed by atoms with Gasteiger partial charge in [0.15, 0.2) is 5.65 Å². The van der Waals surface area contributed by atoms with Gasteiger partial charge >= 0.3 is 0 Å². The predicted octanol–water partition coefficient (Wildman–Crippen LogP) is 1.85. The molecule has 2 aliphatic heterocycles. The molecule has 1 spiro atoms. The van der Waals surface area contributed by atoms with Crippen molar-refractivity contribution in [2.75, 3.05) is 23.4 Å². The number of amides is 1. The minimum absolute atomic E-state index is 0.0153. The summed E-state index contributed by atoms with van der Waals surface area (Å²) in [6.07, 6.45) is 7.19. The molecule has 4 heterocycles. The number of anilines is 1. The van der Waals surface area contributed by atoms with Crippen LogP contribution >= 0.6 is 0 Å². The van der Waals surface area contributed by atoms with Crippen molar-refractivity contribution in [2.24, 2.45) is 11.1 Å². The number of hydrogen-bond acceptors (Lipinski definition) is 8. The lowest BCUT2D eigenvalue weighted by Crippen LogP contribution is -2.48. The summed E-state index contributed by atoms with van der Waals surface area (Å²) in [7, 11) is -2.94. The van der Waals surface area contributed by atoms with Gasteiger partial charge in [-0.05, 0) is 38.5 Å². The topological polar surface area (TPSA) is 128 Å². The van der Waals surface area contributed by atoms with Gasteiger partial charge in [0.1, 0.15) is 15.4 Å². The number of hydrogen-bond donors (Lipinski definition) is 2. The van der Waals surface area contributed by atoms with Crippen LogP contribution in [0.2, 0.25) is 0 Å². The third kappa shape index (κ3) is 4.30. The van der Waals surface area contributed by atoms with Crippen molar-refractivity contribution in [1.29, 1.82) is 0 Å². The molecule has 2 aromatic rings. The summed E-state index contributed by atoms with van der Waals surface area (Å²) in [4.78, 5) is 21.8. The third-order valence-corrected chi connectivity index (χ3v) is 8.70. The van der Waals surface area contributed by atoms with E-state index in [1.165, 1.54) is 6.92 Å². The number of sulfone groups is 1. The van der Waals surface area contributed by atoms with Crippen LogP contribution in [-0.4, -0.2) is 64.5 Å². The Morgan fingerprint density at radius 2 is 2.03 bits per heavy atom. The highest BCUT2D eigenvalue weighted by molar-refractivity contribution is 7.91. The monoisotopic (exact) mass is 474 g/mol. The zero-order chi connectivity index (χ0) is 23.2. The Kier molecular flexibility index (Phi) is 5.54. The van der Waals surface area contributed by atoms with E-state index in [9.17, 15) is 13.2 Å². The molecule has 0 atom stereocenters. The molecule has 3 aliphatic rings.